The molecule has 1 fully saturated rings. The van der Waals surface area contributed by atoms with Gasteiger partial charge < -0.3 is 10.0 Å². The minimum absolute atomic E-state index is 0.00301. The maximum Gasteiger partial charge on any atom is 0.0511 e. The second kappa shape index (κ2) is 7.76. The van der Waals surface area contributed by atoms with Gasteiger partial charge in [-0.15, -0.1) is 0 Å². The molecule has 1 heterocycles. The number of allylic oxidation sites excluding steroid dienone is 1. The van der Waals surface area contributed by atoms with Crippen molar-refractivity contribution in [2.24, 2.45) is 0 Å². The molecule has 0 saturated carbocycles. The maximum absolute atomic E-state index is 9.66. The molecular formula is C22H26BrNO. The van der Waals surface area contributed by atoms with Gasteiger partial charge in [-0.2, -0.15) is 0 Å². The minimum atomic E-state index is 0.00301. The largest absolute Gasteiger partial charge is 0.396 e. The highest BCUT2D eigenvalue weighted by Gasteiger charge is 2.38. The summed E-state index contributed by atoms with van der Waals surface area (Å²) in [6.07, 6.45) is 2.73. The number of nitrogens with zero attached hydrogens (tertiary/aromatic N) is 1. The molecule has 3 rings (SSSR count). The third kappa shape index (κ3) is 3.83. The molecule has 3 heteroatoms. The summed E-state index contributed by atoms with van der Waals surface area (Å²) >= 11 is 3.51. The van der Waals surface area contributed by atoms with Gasteiger partial charge in [-0.3, -0.25) is 0 Å². The van der Waals surface area contributed by atoms with Crippen LogP contribution in [0.1, 0.15) is 43.4 Å². The van der Waals surface area contributed by atoms with Crippen LogP contribution in [0.2, 0.25) is 0 Å². The number of aliphatic hydroxyl groups excluding tert-OH is 1. The quantitative estimate of drug-likeness (QED) is 0.723. The van der Waals surface area contributed by atoms with Crippen molar-refractivity contribution >= 4 is 15.9 Å². The highest BCUT2D eigenvalue weighted by atomic mass is 79.9. The van der Waals surface area contributed by atoms with Gasteiger partial charge in [0.05, 0.1) is 6.04 Å². The number of aliphatic hydroxyl groups is 1. The molecule has 2 atom stereocenters. The number of hydrogen-bond acceptors (Lipinski definition) is 2. The minimum Gasteiger partial charge on any atom is -0.396 e. The van der Waals surface area contributed by atoms with Gasteiger partial charge in [0.25, 0.3) is 0 Å². The molecule has 2 nitrogen and oxygen atoms in total. The van der Waals surface area contributed by atoms with Crippen LogP contribution in [0.3, 0.4) is 0 Å². The van der Waals surface area contributed by atoms with E-state index in [1.54, 1.807) is 0 Å². The van der Waals surface area contributed by atoms with Crippen LogP contribution in [0.5, 0.6) is 0 Å². The topological polar surface area (TPSA) is 23.5 Å². The van der Waals surface area contributed by atoms with E-state index in [9.17, 15) is 5.11 Å². The Hall–Kier alpha value is -1.58. The molecule has 132 valence electrons. The molecule has 0 radical (unpaired) electrons. The first-order valence-electron chi connectivity index (χ1n) is 8.92. The van der Waals surface area contributed by atoms with Crippen LogP contribution >= 0.6 is 15.9 Å². The Balaban J connectivity index is 1.81. The van der Waals surface area contributed by atoms with Gasteiger partial charge in [0.1, 0.15) is 0 Å². The number of likely N-dealkylation sites (tertiary alicyclic amines) is 1. The van der Waals surface area contributed by atoms with Crippen LogP contribution in [-0.4, -0.2) is 23.2 Å². The number of hydrogen-bond donors (Lipinski definition) is 1. The van der Waals surface area contributed by atoms with Crippen LogP contribution in [0.4, 0.5) is 0 Å². The Morgan fingerprint density at radius 1 is 1.16 bits per heavy atom. The Labute approximate surface area is 159 Å². The lowest BCUT2D eigenvalue weighted by atomic mass is 9.69. The lowest BCUT2D eigenvalue weighted by Gasteiger charge is -2.46. The zero-order valence-corrected chi connectivity index (χ0v) is 16.4. The molecule has 1 aliphatic heterocycles. The average Bonchev–Trinajstić information content (AvgIpc) is 2.63. The molecular weight excluding hydrogens is 374 g/mol. The van der Waals surface area contributed by atoms with Gasteiger partial charge in [-0.1, -0.05) is 65.0 Å². The van der Waals surface area contributed by atoms with E-state index >= 15 is 0 Å². The lowest BCUT2D eigenvalue weighted by Crippen LogP contribution is -2.42. The first-order valence-corrected chi connectivity index (χ1v) is 9.71. The summed E-state index contributed by atoms with van der Waals surface area (Å²) in [6, 6.07) is 19.5. The zero-order valence-electron chi connectivity index (χ0n) is 14.8. The van der Waals surface area contributed by atoms with E-state index in [2.05, 4.69) is 88.9 Å². The number of piperidine rings is 1. The summed E-state index contributed by atoms with van der Waals surface area (Å²) < 4.78 is 1.10. The van der Waals surface area contributed by atoms with Gasteiger partial charge in [0.15, 0.2) is 0 Å². The fourth-order valence-electron chi connectivity index (χ4n) is 4.07. The Morgan fingerprint density at radius 2 is 1.84 bits per heavy atom. The molecule has 1 N–H and O–H groups in total. The van der Waals surface area contributed by atoms with Crippen molar-refractivity contribution in [2.75, 3.05) is 13.2 Å². The fraction of sp³-hybridized carbons (Fsp3) is 0.364. The number of rotatable bonds is 5. The van der Waals surface area contributed by atoms with Crippen molar-refractivity contribution < 1.29 is 5.11 Å². The standard InChI is InChI=1S/C22H26BrNO/c1-17-16-22(13-15-25,20-6-4-3-5-7-20)12-14-24(17)18(2)19-8-10-21(23)11-9-19/h3-11,18,25H,1,12-16H2,2H3/t18-,22-/m0/s1. The van der Waals surface area contributed by atoms with Crippen molar-refractivity contribution in [3.63, 3.8) is 0 Å². The van der Waals surface area contributed by atoms with E-state index in [1.165, 1.54) is 16.8 Å². The highest BCUT2D eigenvalue weighted by Crippen LogP contribution is 2.44. The molecule has 0 spiro atoms. The smallest absolute Gasteiger partial charge is 0.0511 e. The summed E-state index contributed by atoms with van der Waals surface area (Å²) in [5.74, 6) is 0. The van der Waals surface area contributed by atoms with E-state index in [-0.39, 0.29) is 12.0 Å². The van der Waals surface area contributed by atoms with Crippen molar-refractivity contribution in [1.82, 2.24) is 4.90 Å². The molecule has 0 aromatic heterocycles. The number of benzene rings is 2. The molecule has 2 aromatic carbocycles. The molecule has 0 unspecified atom stereocenters. The van der Waals surface area contributed by atoms with Crippen molar-refractivity contribution in [3.8, 4) is 0 Å². The van der Waals surface area contributed by atoms with Gasteiger partial charge in [0.2, 0.25) is 0 Å². The van der Waals surface area contributed by atoms with E-state index in [4.69, 9.17) is 0 Å². The lowest BCUT2D eigenvalue weighted by molar-refractivity contribution is 0.145. The van der Waals surface area contributed by atoms with Crippen molar-refractivity contribution in [2.45, 2.75) is 37.6 Å². The van der Waals surface area contributed by atoms with Crippen molar-refractivity contribution in [3.05, 3.63) is 82.5 Å². The zero-order chi connectivity index (χ0) is 17.9. The summed E-state index contributed by atoms with van der Waals surface area (Å²) in [4.78, 5) is 2.42. The summed E-state index contributed by atoms with van der Waals surface area (Å²) in [5.41, 5.74) is 3.79. The van der Waals surface area contributed by atoms with Crippen LogP contribution < -0.4 is 0 Å². The van der Waals surface area contributed by atoms with Gasteiger partial charge in [0, 0.05) is 28.7 Å². The molecule has 0 amide bonds. The van der Waals surface area contributed by atoms with E-state index < -0.39 is 0 Å². The van der Waals surface area contributed by atoms with Gasteiger partial charge in [-0.05, 0) is 49.4 Å². The fourth-order valence-corrected chi connectivity index (χ4v) is 4.34. The van der Waals surface area contributed by atoms with Gasteiger partial charge >= 0.3 is 0 Å². The third-order valence-corrected chi connectivity index (χ3v) is 6.10. The average molecular weight is 400 g/mol. The van der Waals surface area contributed by atoms with Crippen LogP contribution in [0, 0.1) is 0 Å². The highest BCUT2D eigenvalue weighted by molar-refractivity contribution is 9.10. The van der Waals surface area contributed by atoms with Crippen LogP contribution in [0.15, 0.2) is 71.3 Å². The third-order valence-electron chi connectivity index (χ3n) is 5.58. The maximum atomic E-state index is 9.66. The normalized spacial score (nSPS) is 22.0. The Kier molecular flexibility index (Phi) is 5.65. The predicted octanol–water partition coefficient (Wildman–Crippen LogP) is 5.44. The molecule has 25 heavy (non-hydrogen) atoms. The second-order valence-corrected chi connectivity index (χ2v) is 7.95. The van der Waals surface area contributed by atoms with E-state index in [1.807, 2.05) is 0 Å². The van der Waals surface area contributed by atoms with Crippen LogP contribution in [-0.2, 0) is 5.41 Å². The molecule has 2 aromatic rings. The Bertz CT molecular complexity index is 713. The summed E-state index contributed by atoms with van der Waals surface area (Å²) in [7, 11) is 0. The predicted molar refractivity (Wildman–Crippen MR) is 107 cm³/mol. The van der Waals surface area contributed by atoms with Gasteiger partial charge in [-0.25, -0.2) is 0 Å². The first-order chi connectivity index (χ1) is 12.1. The molecule has 1 saturated heterocycles. The monoisotopic (exact) mass is 399 g/mol. The van der Waals surface area contributed by atoms with Crippen LogP contribution in [0.25, 0.3) is 0 Å². The van der Waals surface area contributed by atoms with E-state index in [0.717, 1.165) is 30.3 Å². The van der Waals surface area contributed by atoms with Crippen molar-refractivity contribution in [1.29, 1.82) is 0 Å². The summed E-state index contributed by atoms with van der Waals surface area (Å²) in [5, 5.41) is 9.66. The molecule has 0 bridgehead atoms. The SMILES string of the molecule is C=C1C[C@](CCO)(c2ccccc2)CCN1[C@@H](C)c1ccc(Br)cc1. The first kappa shape index (κ1) is 18.2. The van der Waals surface area contributed by atoms with E-state index in [0.29, 0.717) is 6.04 Å². The number of halogens is 1. The second-order valence-electron chi connectivity index (χ2n) is 7.03. The summed E-state index contributed by atoms with van der Waals surface area (Å²) in [6.45, 7) is 7.82. The molecule has 1 aliphatic rings. The molecule has 0 aliphatic carbocycles. The Morgan fingerprint density at radius 3 is 2.44 bits per heavy atom.